The molecule has 2 aromatic rings. The van der Waals surface area contributed by atoms with Crippen molar-refractivity contribution in [3.8, 4) is 11.1 Å². The number of carbonyl (C=O) groups is 1. The van der Waals surface area contributed by atoms with Crippen LogP contribution in [0.1, 0.15) is 10.8 Å². The van der Waals surface area contributed by atoms with E-state index in [0.717, 1.165) is 16.8 Å². The Balaban J connectivity index is 2.04. The maximum atomic E-state index is 11.8. The van der Waals surface area contributed by atoms with Gasteiger partial charge >= 0.3 is 0 Å². The van der Waals surface area contributed by atoms with E-state index >= 15 is 0 Å². The van der Waals surface area contributed by atoms with Crippen LogP contribution in [0.4, 0.5) is 5.69 Å². The topological polar surface area (TPSA) is 29.1 Å². The van der Waals surface area contributed by atoms with Crippen molar-refractivity contribution in [1.82, 2.24) is 0 Å². The van der Waals surface area contributed by atoms with E-state index in [1.165, 1.54) is 5.56 Å². The van der Waals surface area contributed by atoms with Crippen LogP contribution in [-0.2, 0) is 4.79 Å². The number of thioether (sulfide) groups is 1. The summed E-state index contributed by atoms with van der Waals surface area (Å²) in [6, 6.07) is 16.4. The van der Waals surface area contributed by atoms with Crippen LogP contribution in [0.2, 0.25) is 0 Å². The molecule has 0 saturated carbocycles. The van der Waals surface area contributed by atoms with Crippen molar-refractivity contribution in [2.75, 3.05) is 11.6 Å². The summed E-state index contributed by atoms with van der Waals surface area (Å²) in [5.41, 5.74) is 4.34. The van der Waals surface area contributed by atoms with E-state index in [4.69, 9.17) is 0 Å². The van der Waals surface area contributed by atoms with Crippen LogP contribution >= 0.6 is 11.8 Å². The van der Waals surface area contributed by atoms with E-state index < -0.39 is 0 Å². The molecule has 3 rings (SSSR count). The standard InChI is InChI=1S/C15H13NOS/c1-18-14-12-8-7-11(9-13(12)16-15(14)17)10-5-3-2-4-6-10/h2-9,14H,1H3,(H,16,17)/t14-/m1/s1. The van der Waals surface area contributed by atoms with Crippen molar-refractivity contribution in [2.24, 2.45) is 0 Å². The second-order valence-corrected chi connectivity index (χ2v) is 5.22. The molecule has 0 aromatic heterocycles. The molecule has 3 heteroatoms. The molecule has 0 spiro atoms. The molecule has 1 aliphatic heterocycles. The zero-order valence-corrected chi connectivity index (χ0v) is 10.8. The van der Waals surface area contributed by atoms with E-state index in [1.54, 1.807) is 11.8 Å². The minimum atomic E-state index is -0.0650. The van der Waals surface area contributed by atoms with Gasteiger partial charge < -0.3 is 5.32 Å². The van der Waals surface area contributed by atoms with E-state index in [0.29, 0.717) is 0 Å². The minimum absolute atomic E-state index is 0.0650. The van der Waals surface area contributed by atoms with Crippen molar-refractivity contribution < 1.29 is 4.79 Å². The molecule has 18 heavy (non-hydrogen) atoms. The molecular weight excluding hydrogens is 242 g/mol. The number of rotatable bonds is 2. The van der Waals surface area contributed by atoms with Crippen molar-refractivity contribution in [1.29, 1.82) is 0 Å². The lowest BCUT2D eigenvalue weighted by atomic mass is 10.0. The molecule has 1 atom stereocenters. The molecule has 90 valence electrons. The first kappa shape index (κ1) is 11.4. The Morgan fingerprint density at radius 1 is 1.06 bits per heavy atom. The van der Waals surface area contributed by atoms with Gasteiger partial charge in [-0.2, -0.15) is 0 Å². The molecule has 0 saturated heterocycles. The molecule has 2 aromatic carbocycles. The predicted octanol–water partition coefficient (Wildman–Crippen LogP) is 3.71. The highest BCUT2D eigenvalue weighted by atomic mass is 32.2. The fourth-order valence-corrected chi connectivity index (χ4v) is 3.01. The number of amides is 1. The normalized spacial score (nSPS) is 17.4. The third kappa shape index (κ3) is 1.81. The summed E-state index contributed by atoms with van der Waals surface area (Å²) in [6.07, 6.45) is 1.96. The van der Waals surface area contributed by atoms with Gasteiger partial charge in [0.15, 0.2) is 0 Å². The summed E-state index contributed by atoms with van der Waals surface area (Å²) in [4.78, 5) is 11.8. The molecular formula is C15H13NOS. The fourth-order valence-electron chi connectivity index (χ4n) is 2.28. The lowest BCUT2D eigenvalue weighted by molar-refractivity contribution is -0.115. The lowest BCUT2D eigenvalue weighted by Gasteiger charge is -2.06. The Kier molecular flexibility index (Phi) is 2.84. The predicted molar refractivity (Wildman–Crippen MR) is 76.8 cm³/mol. The summed E-state index contributed by atoms with van der Waals surface area (Å²) in [7, 11) is 0. The van der Waals surface area contributed by atoms with Crippen LogP contribution in [0.5, 0.6) is 0 Å². The highest BCUT2D eigenvalue weighted by Crippen LogP contribution is 2.40. The average Bonchev–Trinajstić information content (AvgIpc) is 2.74. The average molecular weight is 255 g/mol. The molecule has 1 heterocycles. The van der Waals surface area contributed by atoms with Gasteiger partial charge in [-0.15, -0.1) is 11.8 Å². The van der Waals surface area contributed by atoms with Crippen LogP contribution in [-0.4, -0.2) is 12.2 Å². The number of anilines is 1. The van der Waals surface area contributed by atoms with E-state index in [2.05, 4.69) is 35.6 Å². The summed E-state index contributed by atoms with van der Waals surface area (Å²) in [6.45, 7) is 0. The molecule has 0 aliphatic carbocycles. The highest BCUT2D eigenvalue weighted by molar-refractivity contribution is 7.99. The zero-order chi connectivity index (χ0) is 12.5. The summed E-state index contributed by atoms with van der Waals surface area (Å²) in [5.74, 6) is 0.0858. The summed E-state index contributed by atoms with van der Waals surface area (Å²) in [5, 5.41) is 2.88. The third-order valence-electron chi connectivity index (χ3n) is 3.17. The molecule has 1 amide bonds. The van der Waals surface area contributed by atoms with Gasteiger partial charge in [0.2, 0.25) is 5.91 Å². The van der Waals surface area contributed by atoms with Crippen LogP contribution in [0, 0.1) is 0 Å². The minimum Gasteiger partial charge on any atom is -0.324 e. The number of carbonyl (C=O) groups excluding carboxylic acids is 1. The Hall–Kier alpha value is -1.74. The number of benzene rings is 2. The zero-order valence-electron chi connectivity index (χ0n) is 10.0. The van der Waals surface area contributed by atoms with Gasteiger partial charge in [-0.1, -0.05) is 42.5 Å². The molecule has 0 unspecified atom stereocenters. The van der Waals surface area contributed by atoms with Crippen molar-refractivity contribution in [3.05, 3.63) is 54.1 Å². The van der Waals surface area contributed by atoms with E-state index in [9.17, 15) is 4.79 Å². The fraction of sp³-hybridized carbons (Fsp3) is 0.133. The smallest absolute Gasteiger partial charge is 0.242 e. The second kappa shape index (κ2) is 4.50. The molecule has 0 fully saturated rings. The third-order valence-corrected chi connectivity index (χ3v) is 4.11. The first-order chi connectivity index (χ1) is 8.79. The summed E-state index contributed by atoms with van der Waals surface area (Å²) < 4.78 is 0. The summed E-state index contributed by atoms with van der Waals surface area (Å²) >= 11 is 1.57. The molecule has 1 N–H and O–H groups in total. The van der Waals surface area contributed by atoms with Crippen LogP contribution in [0.15, 0.2) is 48.5 Å². The van der Waals surface area contributed by atoms with Crippen LogP contribution in [0.3, 0.4) is 0 Å². The first-order valence-electron chi connectivity index (χ1n) is 5.82. The Morgan fingerprint density at radius 2 is 1.83 bits per heavy atom. The van der Waals surface area contributed by atoms with Crippen LogP contribution < -0.4 is 5.32 Å². The monoisotopic (exact) mass is 255 g/mol. The molecule has 0 bridgehead atoms. The van der Waals surface area contributed by atoms with Gasteiger partial charge in [-0.05, 0) is 29.0 Å². The number of nitrogens with one attached hydrogen (secondary N) is 1. The lowest BCUT2D eigenvalue weighted by Crippen LogP contribution is -2.08. The van der Waals surface area contributed by atoms with E-state index in [-0.39, 0.29) is 11.2 Å². The van der Waals surface area contributed by atoms with E-state index in [1.807, 2.05) is 24.5 Å². The number of hydrogen-bond acceptors (Lipinski definition) is 2. The molecule has 1 aliphatic rings. The number of hydrogen-bond donors (Lipinski definition) is 1. The maximum absolute atomic E-state index is 11.8. The van der Waals surface area contributed by atoms with Crippen molar-refractivity contribution >= 4 is 23.4 Å². The van der Waals surface area contributed by atoms with Gasteiger partial charge in [0, 0.05) is 5.69 Å². The van der Waals surface area contributed by atoms with Crippen LogP contribution in [0.25, 0.3) is 11.1 Å². The number of fused-ring (bicyclic) bond motifs is 1. The Morgan fingerprint density at radius 3 is 2.56 bits per heavy atom. The van der Waals surface area contributed by atoms with Crippen molar-refractivity contribution in [2.45, 2.75) is 5.25 Å². The van der Waals surface area contributed by atoms with Crippen molar-refractivity contribution in [3.63, 3.8) is 0 Å². The second-order valence-electron chi connectivity index (χ2n) is 4.27. The Bertz CT molecular complexity index is 595. The first-order valence-corrected chi connectivity index (χ1v) is 7.11. The quantitative estimate of drug-likeness (QED) is 0.886. The highest BCUT2D eigenvalue weighted by Gasteiger charge is 2.29. The van der Waals surface area contributed by atoms with Gasteiger partial charge in [0.05, 0.1) is 0 Å². The molecule has 0 radical (unpaired) electrons. The van der Waals surface area contributed by atoms with Gasteiger partial charge in [0.25, 0.3) is 0 Å². The van der Waals surface area contributed by atoms with Gasteiger partial charge in [0.1, 0.15) is 5.25 Å². The van der Waals surface area contributed by atoms with Gasteiger partial charge in [-0.25, -0.2) is 0 Å². The SMILES string of the molecule is CS[C@H]1C(=O)Nc2cc(-c3ccccc3)ccc21. The largest absolute Gasteiger partial charge is 0.324 e. The van der Waals surface area contributed by atoms with Gasteiger partial charge in [-0.3, -0.25) is 4.79 Å². The maximum Gasteiger partial charge on any atom is 0.242 e. The Labute approximate surface area is 110 Å². The molecule has 2 nitrogen and oxygen atoms in total.